The van der Waals surface area contributed by atoms with Crippen LogP contribution in [0.5, 0.6) is 0 Å². The normalized spacial score (nSPS) is 25.4. The molecule has 0 aromatic rings. The first-order valence-electron chi connectivity index (χ1n) is 24.7. The second kappa shape index (κ2) is 26.6. The summed E-state index contributed by atoms with van der Waals surface area (Å²) in [7, 11) is 0. The van der Waals surface area contributed by atoms with Gasteiger partial charge in [0.05, 0.1) is 19.6 Å². The summed E-state index contributed by atoms with van der Waals surface area (Å²) in [5.41, 5.74) is -1.57. The SMILES string of the molecule is CCCCCCCCOC(CCC(=O)OC1(CCOC(=O)CCCCC2CCCCC2)CC2CC3(OC(=O)CN(CC)CC)CCC1(C2)C3)OCCCCCCCC. The molecular formula is C49H87NO8. The molecule has 9 heteroatoms. The number of esters is 3. The van der Waals surface area contributed by atoms with Crippen LogP contribution < -0.4 is 0 Å². The Kier molecular flexibility index (Phi) is 22.4. The Morgan fingerprint density at radius 1 is 0.638 bits per heavy atom. The molecule has 4 atom stereocenters. The Hall–Kier alpha value is -1.71. The van der Waals surface area contributed by atoms with Crippen molar-refractivity contribution in [3.05, 3.63) is 0 Å². The van der Waals surface area contributed by atoms with E-state index in [4.69, 9.17) is 23.7 Å². The second-order valence-electron chi connectivity index (χ2n) is 19.0. The van der Waals surface area contributed by atoms with Crippen molar-refractivity contribution in [3.63, 3.8) is 0 Å². The molecule has 0 aliphatic heterocycles. The molecule has 4 unspecified atom stereocenters. The predicted molar refractivity (Wildman–Crippen MR) is 231 cm³/mol. The second-order valence-corrected chi connectivity index (χ2v) is 19.0. The lowest BCUT2D eigenvalue weighted by atomic mass is 9.68. The summed E-state index contributed by atoms with van der Waals surface area (Å²) in [6.07, 6.45) is 30.2. The summed E-state index contributed by atoms with van der Waals surface area (Å²) in [5.74, 6) is 0.570. The fraction of sp³-hybridized carbons (Fsp3) is 0.939. The zero-order chi connectivity index (χ0) is 41.5. The third kappa shape index (κ3) is 16.0. The summed E-state index contributed by atoms with van der Waals surface area (Å²) >= 11 is 0. The molecule has 336 valence electrons. The molecule has 4 aliphatic carbocycles. The van der Waals surface area contributed by atoms with Gasteiger partial charge in [0, 0.05) is 37.9 Å². The van der Waals surface area contributed by atoms with Crippen LogP contribution in [0.2, 0.25) is 0 Å². The molecule has 4 saturated carbocycles. The van der Waals surface area contributed by atoms with Crippen LogP contribution in [0.1, 0.15) is 220 Å². The smallest absolute Gasteiger partial charge is 0.320 e. The minimum atomic E-state index is -0.756. The number of hydrogen-bond donors (Lipinski definition) is 0. The maximum absolute atomic E-state index is 14.0. The lowest BCUT2D eigenvalue weighted by Gasteiger charge is -2.44. The molecule has 4 rings (SSSR count). The summed E-state index contributed by atoms with van der Waals surface area (Å²) in [6.45, 7) is 12.0. The average molecular weight is 818 g/mol. The number of nitrogens with zero attached hydrogens (tertiary/aromatic N) is 1. The minimum Gasteiger partial charge on any atom is -0.466 e. The molecule has 0 amide bonds. The highest BCUT2D eigenvalue weighted by Gasteiger charge is 2.70. The molecule has 0 saturated heterocycles. The van der Waals surface area contributed by atoms with E-state index >= 15 is 0 Å². The van der Waals surface area contributed by atoms with Gasteiger partial charge in [-0.05, 0) is 82.7 Å². The first-order valence-corrected chi connectivity index (χ1v) is 24.7. The van der Waals surface area contributed by atoms with E-state index < -0.39 is 17.5 Å². The van der Waals surface area contributed by atoms with E-state index in [1.165, 1.54) is 89.9 Å². The maximum atomic E-state index is 14.0. The number of likely N-dealkylation sites (N-methyl/N-ethyl adjacent to an activating group) is 1. The molecule has 3 bridgehead atoms. The van der Waals surface area contributed by atoms with Crippen molar-refractivity contribution in [2.45, 2.75) is 238 Å². The van der Waals surface area contributed by atoms with Gasteiger partial charge in [-0.15, -0.1) is 0 Å². The first kappa shape index (κ1) is 49.0. The van der Waals surface area contributed by atoms with Gasteiger partial charge in [-0.1, -0.05) is 137 Å². The van der Waals surface area contributed by atoms with Crippen LogP contribution in [0.4, 0.5) is 0 Å². The van der Waals surface area contributed by atoms with Crippen LogP contribution in [0, 0.1) is 17.3 Å². The van der Waals surface area contributed by atoms with Gasteiger partial charge < -0.3 is 23.7 Å². The number of carbonyl (C=O) groups is 3. The molecular weight excluding hydrogens is 731 g/mol. The van der Waals surface area contributed by atoms with Gasteiger partial charge in [-0.3, -0.25) is 19.3 Å². The number of unbranched alkanes of at least 4 members (excludes halogenated alkanes) is 11. The summed E-state index contributed by atoms with van der Waals surface area (Å²) in [5, 5.41) is 0. The van der Waals surface area contributed by atoms with Gasteiger partial charge in [0.25, 0.3) is 0 Å². The van der Waals surface area contributed by atoms with Crippen molar-refractivity contribution in [3.8, 4) is 0 Å². The number of hydrogen-bond acceptors (Lipinski definition) is 9. The molecule has 4 fully saturated rings. The van der Waals surface area contributed by atoms with E-state index in [-0.39, 0.29) is 42.3 Å². The quantitative estimate of drug-likeness (QED) is 0.0277. The van der Waals surface area contributed by atoms with Gasteiger partial charge in [0.15, 0.2) is 6.29 Å². The summed E-state index contributed by atoms with van der Waals surface area (Å²) in [4.78, 5) is 42.4. The van der Waals surface area contributed by atoms with E-state index in [9.17, 15) is 14.4 Å². The van der Waals surface area contributed by atoms with Gasteiger partial charge in [-0.25, -0.2) is 0 Å². The van der Waals surface area contributed by atoms with E-state index in [1.807, 2.05) is 0 Å². The Morgan fingerprint density at radius 3 is 1.95 bits per heavy atom. The fourth-order valence-corrected chi connectivity index (χ4v) is 11.3. The molecule has 0 heterocycles. The number of ether oxygens (including phenoxy) is 5. The molecule has 9 nitrogen and oxygen atoms in total. The molecule has 58 heavy (non-hydrogen) atoms. The largest absolute Gasteiger partial charge is 0.466 e. The van der Waals surface area contributed by atoms with Crippen LogP contribution in [0.15, 0.2) is 0 Å². The van der Waals surface area contributed by atoms with Crippen LogP contribution in [-0.4, -0.2) is 79.8 Å². The van der Waals surface area contributed by atoms with E-state index in [2.05, 4.69) is 32.6 Å². The van der Waals surface area contributed by atoms with Crippen LogP contribution in [0.3, 0.4) is 0 Å². The fourth-order valence-electron chi connectivity index (χ4n) is 11.3. The maximum Gasteiger partial charge on any atom is 0.320 e. The third-order valence-electron chi connectivity index (χ3n) is 14.5. The summed E-state index contributed by atoms with van der Waals surface area (Å²) in [6, 6.07) is 0. The van der Waals surface area contributed by atoms with E-state index in [1.54, 1.807) is 0 Å². The third-order valence-corrected chi connectivity index (χ3v) is 14.5. The van der Waals surface area contributed by atoms with E-state index in [0.29, 0.717) is 45.4 Å². The Balaban J connectivity index is 1.36. The molecule has 0 N–H and O–H groups in total. The highest BCUT2D eigenvalue weighted by atomic mass is 16.7. The zero-order valence-electron chi connectivity index (χ0n) is 37.9. The highest BCUT2D eigenvalue weighted by molar-refractivity contribution is 5.72. The Bertz CT molecular complexity index is 1150. The van der Waals surface area contributed by atoms with Crippen molar-refractivity contribution < 1.29 is 38.1 Å². The van der Waals surface area contributed by atoms with Crippen molar-refractivity contribution in [1.82, 2.24) is 4.90 Å². The molecule has 0 radical (unpaired) electrons. The van der Waals surface area contributed by atoms with Crippen molar-refractivity contribution in [2.24, 2.45) is 17.3 Å². The van der Waals surface area contributed by atoms with Gasteiger partial charge in [-0.2, -0.15) is 0 Å². The van der Waals surface area contributed by atoms with Gasteiger partial charge in [0.2, 0.25) is 0 Å². The number of carbonyl (C=O) groups excluding carboxylic acids is 3. The van der Waals surface area contributed by atoms with Gasteiger partial charge in [0.1, 0.15) is 11.2 Å². The minimum absolute atomic E-state index is 0.150. The first-order chi connectivity index (χ1) is 28.2. The molecule has 0 aromatic heterocycles. The van der Waals surface area contributed by atoms with Crippen LogP contribution in [0.25, 0.3) is 0 Å². The summed E-state index contributed by atoms with van der Waals surface area (Å²) < 4.78 is 31.6. The number of fused-ring (bicyclic) bond motifs is 2. The molecule has 0 aromatic carbocycles. The van der Waals surface area contributed by atoms with Crippen molar-refractivity contribution in [1.29, 1.82) is 0 Å². The highest BCUT2D eigenvalue weighted by Crippen LogP contribution is 2.70. The zero-order valence-corrected chi connectivity index (χ0v) is 37.9. The van der Waals surface area contributed by atoms with Crippen LogP contribution in [-0.2, 0) is 38.1 Å². The predicted octanol–water partition coefficient (Wildman–Crippen LogP) is 11.8. The van der Waals surface area contributed by atoms with Gasteiger partial charge >= 0.3 is 17.9 Å². The van der Waals surface area contributed by atoms with Crippen molar-refractivity contribution >= 4 is 17.9 Å². The topological polar surface area (TPSA) is 101 Å². The molecule has 1 spiro atoms. The lowest BCUT2D eigenvalue weighted by Crippen LogP contribution is -2.49. The monoisotopic (exact) mass is 818 g/mol. The Morgan fingerprint density at radius 2 is 1.29 bits per heavy atom. The van der Waals surface area contributed by atoms with Crippen molar-refractivity contribution in [2.75, 3.05) is 39.5 Å². The Labute approximate surface area is 354 Å². The average Bonchev–Trinajstić information content (AvgIpc) is 3.62. The van der Waals surface area contributed by atoms with Crippen LogP contribution >= 0.6 is 0 Å². The lowest BCUT2D eigenvalue weighted by molar-refractivity contribution is -0.186. The van der Waals surface area contributed by atoms with E-state index in [0.717, 1.165) is 89.6 Å². The number of rotatable bonds is 33. The molecule has 4 aliphatic rings. The standard InChI is InChI=1S/C49H87NO8/c1-5-9-11-13-15-22-33-55-46(56-34-23-16-14-12-10-6-2)29-28-44(52)58-49(32-35-54-43(51)27-21-20-26-41-24-18-17-19-25-41)38-42-36-47(49)30-31-48(37-42,40-47)57-45(53)39-50(7-3)8-4/h41-42,46H,5-40H2,1-4H3.